The lowest BCUT2D eigenvalue weighted by Crippen LogP contribution is -2.24. The second-order valence-electron chi connectivity index (χ2n) is 6.92. The van der Waals surface area contributed by atoms with Gasteiger partial charge < -0.3 is 10.6 Å². The normalized spacial score (nSPS) is 15.5. The molecule has 4 heteroatoms. The van der Waals surface area contributed by atoms with Crippen molar-refractivity contribution in [3.8, 4) is 0 Å². The zero-order valence-corrected chi connectivity index (χ0v) is 15.3. The van der Waals surface area contributed by atoms with Gasteiger partial charge in [-0.25, -0.2) is 4.98 Å². The fourth-order valence-corrected chi connectivity index (χ4v) is 4.37. The van der Waals surface area contributed by atoms with E-state index in [1.54, 1.807) is 11.3 Å². The summed E-state index contributed by atoms with van der Waals surface area (Å²) in [5.41, 5.74) is 2.50. The lowest BCUT2D eigenvalue weighted by atomic mass is 9.89. The van der Waals surface area contributed by atoms with Crippen molar-refractivity contribution in [2.24, 2.45) is 5.92 Å². The quantitative estimate of drug-likeness (QED) is 0.597. The Kier molecular flexibility index (Phi) is 5.28. The summed E-state index contributed by atoms with van der Waals surface area (Å²) in [6.45, 7) is 2.09. The third-order valence-corrected chi connectivity index (χ3v) is 5.85. The number of rotatable bonds is 6. The van der Waals surface area contributed by atoms with E-state index in [1.165, 1.54) is 48.4 Å². The Morgan fingerprint density at radius 3 is 2.64 bits per heavy atom. The first-order valence-electron chi connectivity index (χ1n) is 9.28. The van der Waals surface area contributed by atoms with Gasteiger partial charge in [-0.15, -0.1) is 11.3 Å². The van der Waals surface area contributed by atoms with Gasteiger partial charge in [-0.3, -0.25) is 0 Å². The highest BCUT2D eigenvalue weighted by atomic mass is 32.1. The molecule has 1 aliphatic rings. The molecule has 1 saturated carbocycles. The van der Waals surface area contributed by atoms with Crippen molar-refractivity contribution in [3.63, 3.8) is 0 Å². The molecule has 0 aliphatic heterocycles. The number of benzene rings is 2. The first-order chi connectivity index (χ1) is 12.4. The first kappa shape index (κ1) is 16.6. The van der Waals surface area contributed by atoms with E-state index in [9.17, 15) is 0 Å². The zero-order chi connectivity index (χ0) is 16.9. The Morgan fingerprint density at radius 2 is 1.84 bits per heavy atom. The van der Waals surface area contributed by atoms with Gasteiger partial charge in [0.1, 0.15) is 0 Å². The molecular formula is C21H25N3S. The summed E-state index contributed by atoms with van der Waals surface area (Å²) >= 11 is 1.63. The molecule has 0 unspecified atom stereocenters. The van der Waals surface area contributed by atoms with Gasteiger partial charge >= 0.3 is 0 Å². The second kappa shape index (κ2) is 7.98. The maximum atomic E-state index is 4.34. The minimum atomic E-state index is 0.867. The molecule has 1 aromatic heterocycles. The lowest BCUT2D eigenvalue weighted by molar-refractivity contribution is 0.342. The summed E-state index contributed by atoms with van der Waals surface area (Å²) in [7, 11) is 0. The van der Waals surface area contributed by atoms with Crippen LogP contribution >= 0.6 is 11.3 Å². The van der Waals surface area contributed by atoms with Crippen LogP contribution in [0.2, 0.25) is 0 Å². The molecule has 0 atom stereocenters. The highest BCUT2D eigenvalue weighted by Crippen LogP contribution is 2.30. The van der Waals surface area contributed by atoms with Crippen LogP contribution in [0.25, 0.3) is 10.8 Å². The molecular weight excluding hydrogens is 326 g/mol. The molecule has 3 nitrogen and oxygen atoms in total. The van der Waals surface area contributed by atoms with Crippen molar-refractivity contribution in [2.75, 3.05) is 11.9 Å². The topological polar surface area (TPSA) is 37.0 Å². The van der Waals surface area contributed by atoms with Crippen molar-refractivity contribution in [2.45, 2.75) is 38.6 Å². The van der Waals surface area contributed by atoms with Crippen LogP contribution in [0.5, 0.6) is 0 Å². The summed E-state index contributed by atoms with van der Waals surface area (Å²) in [4.78, 5) is 4.34. The van der Waals surface area contributed by atoms with Crippen molar-refractivity contribution in [1.29, 1.82) is 0 Å². The monoisotopic (exact) mass is 351 g/mol. The summed E-state index contributed by atoms with van der Waals surface area (Å²) in [6.07, 6.45) is 8.86. The lowest BCUT2D eigenvalue weighted by Gasteiger charge is -2.22. The summed E-state index contributed by atoms with van der Waals surface area (Å²) in [5, 5.41) is 12.7. The number of thiazole rings is 1. The van der Waals surface area contributed by atoms with Crippen LogP contribution in [-0.2, 0) is 6.54 Å². The van der Waals surface area contributed by atoms with Gasteiger partial charge in [0.25, 0.3) is 0 Å². The Hall–Kier alpha value is -1.91. The van der Waals surface area contributed by atoms with Crippen molar-refractivity contribution < 1.29 is 0 Å². The average molecular weight is 352 g/mol. The third-order valence-electron chi connectivity index (χ3n) is 5.16. The van der Waals surface area contributed by atoms with E-state index in [-0.39, 0.29) is 0 Å². The summed E-state index contributed by atoms with van der Waals surface area (Å²) < 4.78 is 0. The van der Waals surface area contributed by atoms with Crippen LogP contribution in [0.15, 0.2) is 48.0 Å². The molecule has 3 aromatic rings. The maximum Gasteiger partial charge on any atom is 0.187 e. The van der Waals surface area contributed by atoms with Crippen LogP contribution in [0, 0.1) is 5.92 Å². The maximum absolute atomic E-state index is 4.34. The number of anilines is 2. The number of aromatic nitrogens is 1. The number of nitrogens with zero attached hydrogens (tertiary/aromatic N) is 1. The van der Waals surface area contributed by atoms with Gasteiger partial charge in [-0.05, 0) is 42.3 Å². The van der Waals surface area contributed by atoms with E-state index in [0.29, 0.717) is 0 Å². The molecule has 0 bridgehead atoms. The predicted octanol–water partition coefficient (Wildman–Crippen LogP) is 5.71. The SMILES string of the molecule is c1ccc2c(Nc3nccs3)ccc(CNCC3CCCCC3)c2c1. The molecule has 1 fully saturated rings. The van der Waals surface area contributed by atoms with Gasteiger partial charge in [0, 0.05) is 29.2 Å². The van der Waals surface area contributed by atoms with Gasteiger partial charge in [0.15, 0.2) is 5.13 Å². The standard InChI is InChI=1S/C21H25N3S/c1-2-6-16(7-3-1)14-22-15-17-10-11-20(24-21-23-12-13-25-21)19-9-5-4-8-18(17)19/h4-5,8-13,16,22H,1-3,6-7,14-15H2,(H,23,24). The van der Waals surface area contributed by atoms with E-state index in [1.807, 2.05) is 11.6 Å². The second-order valence-corrected chi connectivity index (χ2v) is 7.81. The van der Waals surface area contributed by atoms with Crippen molar-refractivity contribution in [3.05, 3.63) is 53.5 Å². The predicted molar refractivity (Wildman–Crippen MR) is 108 cm³/mol. The molecule has 25 heavy (non-hydrogen) atoms. The van der Waals surface area contributed by atoms with Crippen molar-refractivity contribution in [1.82, 2.24) is 10.3 Å². The molecule has 1 aliphatic carbocycles. The zero-order valence-electron chi connectivity index (χ0n) is 14.5. The summed E-state index contributed by atoms with van der Waals surface area (Å²) in [6, 6.07) is 13.1. The van der Waals surface area contributed by atoms with Crippen LogP contribution in [0.4, 0.5) is 10.8 Å². The molecule has 2 N–H and O–H groups in total. The Bertz CT molecular complexity index is 807. The third kappa shape index (κ3) is 4.02. The van der Waals surface area contributed by atoms with Gasteiger partial charge in [-0.1, -0.05) is 49.6 Å². The van der Waals surface area contributed by atoms with Gasteiger partial charge in [0.05, 0.1) is 0 Å². The molecule has 0 spiro atoms. The molecule has 130 valence electrons. The minimum Gasteiger partial charge on any atom is -0.331 e. The van der Waals surface area contributed by atoms with Crippen LogP contribution < -0.4 is 10.6 Å². The minimum absolute atomic E-state index is 0.867. The van der Waals surface area contributed by atoms with E-state index >= 15 is 0 Å². The fraction of sp³-hybridized carbons (Fsp3) is 0.381. The van der Waals surface area contributed by atoms with Crippen molar-refractivity contribution >= 4 is 32.9 Å². The van der Waals surface area contributed by atoms with Gasteiger partial charge in [0.2, 0.25) is 0 Å². The molecule has 1 heterocycles. The van der Waals surface area contributed by atoms with E-state index < -0.39 is 0 Å². The molecule has 4 rings (SSSR count). The van der Waals surface area contributed by atoms with Gasteiger partial charge in [-0.2, -0.15) is 0 Å². The van der Waals surface area contributed by atoms with Crippen LogP contribution in [-0.4, -0.2) is 11.5 Å². The average Bonchev–Trinajstić information content (AvgIpc) is 3.17. The Labute approximate surface area is 153 Å². The van der Waals surface area contributed by atoms with Crippen LogP contribution in [0.1, 0.15) is 37.7 Å². The smallest absolute Gasteiger partial charge is 0.187 e. The first-order valence-corrected chi connectivity index (χ1v) is 10.2. The number of nitrogens with one attached hydrogen (secondary N) is 2. The van der Waals surface area contributed by atoms with Crippen LogP contribution in [0.3, 0.4) is 0 Å². The molecule has 2 aromatic carbocycles. The number of fused-ring (bicyclic) bond motifs is 1. The molecule has 0 amide bonds. The highest BCUT2D eigenvalue weighted by molar-refractivity contribution is 7.13. The number of hydrogen-bond acceptors (Lipinski definition) is 4. The summed E-state index contributed by atoms with van der Waals surface area (Å²) in [5.74, 6) is 0.867. The molecule has 0 saturated heterocycles. The van der Waals surface area contributed by atoms with E-state index in [4.69, 9.17) is 0 Å². The Morgan fingerprint density at radius 1 is 1.00 bits per heavy atom. The highest BCUT2D eigenvalue weighted by Gasteiger charge is 2.13. The van der Waals surface area contributed by atoms with E-state index in [2.05, 4.69) is 52.0 Å². The largest absolute Gasteiger partial charge is 0.331 e. The Balaban J connectivity index is 1.49. The fourth-order valence-electron chi connectivity index (χ4n) is 3.83. The number of hydrogen-bond donors (Lipinski definition) is 2. The molecule has 0 radical (unpaired) electrons. The van der Waals surface area contributed by atoms with E-state index in [0.717, 1.165) is 29.8 Å².